The van der Waals surface area contributed by atoms with Crippen molar-refractivity contribution in [2.45, 2.75) is 45.6 Å². The number of benzene rings is 1. The Kier molecular flexibility index (Phi) is 4.41. The molecule has 0 N–H and O–H groups in total. The van der Waals surface area contributed by atoms with Crippen LogP contribution in [0.15, 0.2) is 12.1 Å². The molecule has 1 fully saturated rings. The molecule has 1 aliphatic heterocycles. The zero-order valence-corrected chi connectivity index (χ0v) is 11.7. The van der Waals surface area contributed by atoms with Gasteiger partial charge in [-0.3, -0.25) is 4.79 Å². The number of hydrogen-bond donors (Lipinski definition) is 0. The molecular weight excluding hydrogens is 248 g/mol. The highest BCUT2D eigenvalue weighted by molar-refractivity contribution is 6.31. The van der Waals surface area contributed by atoms with Crippen LogP contribution in [0, 0.1) is 13.8 Å². The number of halogens is 1. The normalized spacial score (nSPS) is 19.2. The van der Waals surface area contributed by atoms with Gasteiger partial charge in [0.25, 0.3) is 0 Å². The maximum Gasteiger partial charge on any atom is 0.163 e. The first kappa shape index (κ1) is 13.6. The Morgan fingerprint density at radius 3 is 2.83 bits per heavy atom. The van der Waals surface area contributed by atoms with Gasteiger partial charge in [0, 0.05) is 23.6 Å². The number of rotatable bonds is 4. The van der Waals surface area contributed by atoms with Crippen LogP contribution in [0.1, 0.15) is 47.2 Å². The Hall–Kier alpha value is -0.860. The van der Waals surface area contributed by atoms with Gasteiger partial charge in [-0.25, -0.2) is 0 Å². The van der Waals surface area contributed by atoms with Gasteiger partial charge in [0.1, 0.15) is 0 Å². The van der Waals surface area contributed by atoms with Gasteiger partial charge >= 0.3 is 0 Å². The second-order valence-electron chi connectivity index (χ2n) is 5.01. The molecule has 1 atom stereocenters. The van der Waals surface area contributed by atoms with Crippen LogP contribution in [0.2, 0.25) is 5.02 Å². The SMILES string of the molecule is Cc1cc(C(=O)CCC2CCCO2)c(C)cc1Cl. The quantitative estimate of drug-likeness (QED) is 0.767. The van der Waals surface area contributed by atoms with Gasteiger partial charge < -0.3 is 4.74 Å². The van der Waals surface area contributed by atoms with Crippen molar-refractivity contribution in [3.05, 3.63) is 33.8 Å². The molecule has 0 aliphatic carbocycles. The number of carbonyl (C=O) groups is 1. The van der Waals surface area contributed by atoms with Crippen molar-refractivity contribution in [3.8, 4) is 0 Å². The van der Waals surface area contributed by atoms with Crippen LogP contribution in [0.25, 0.3) is 0 Å². The first-order valence-corrected chi connectivity index (χ1v) is 6.87. The van der Waals surface area contributed by atoms with Crippen LogP contribution in [-0.2, 0) is 4.74 Å². The van der Waals surface area contributed by atoms with Gasteiger partial charge in [-0.1, -0.05) is 11.6 Å². The Morgan fingerprint density at radius 1 is 1.39 bits per heavy atom. The van der Waals surface area contributed by atoms with Crippen molar-refractivity contribution in [1.29, 1.82) is 0 Å². The number of aryl methyl sites for hydroxylation is 2. The van der Waals surface area contributed by atoms with Crippen molar-refractivity contribution < 1.29 is 9.53 Å². The third-order valence-corrected chi connectivity index (χ3v) is 3.93. The van der Waals surface area contributed by atoms with Crippen LogP contribution in [0.4, 0.5) is 0 Å². The Labute approximate surface area is 113 Å². The monoisotopic (exact) mass is 266 g/mol. The average molecular weight is 267 g/mol. The zero-order chi connectivity index (χ0) is 13.1. The summed E-state index contributed by atoms with van der Waals surface area (Å²) in [7, 11) is 0. The van der Waals surface area contributed by atoms with Crippen molar-refractivity contribution in [1.82, 2.24) is 0 Å². The van der Waals surface area contributed by atoms with E-state index in [-0.39, 0.29) is 11.9 Å². The van der Waals surface area contributed by atoms with Crippen molar-refractivity contribution in [2.24, 2.45) is 0 Å². The molecule has 0 spiro atoms. The molecule has 2 rings (SSSR count). The average Bonchev–Trinajstić information content (AvgIpc) is 2.84. The molecule has 1 saturated heterocycles. The fourth-order valence-corrected chi connectivity index (χ4v) is 2.60. The minimum atomic E-state index is 0.197. The van der Waals surface area contributed by atoms with Crippen molar-refractivity contribution in [3.63, 3.8) is 0 Å². The number of ketones is 1. The molecule has 2 nitrogen and oxygen atoms in total. The van der Waals surface area contributed by atoms with Crippen LogP contribution < -0.4 is 0 Å². The standard InChI is InChI=1S/C15H19ClO2/c1-10-9-14(16)11(2)8-13(10)15(17)6-5-12-4-3-7-18-12/h8-9,12H,3-7H2,1-2H3. The van der Waals surface area contributed by atoms with Gasteiger partial charge in [0.15, 0.2) is 5.78 Å². The first-order chi connectivity index (χ1) is 8.58. The molecule has 1 aromatic carbocycles. The molecule has 1 unspecified atom stereocenters. The summed E-state index contributed by atoms with van der Waals surface area (Å²) in [6.45, 7) is 4.71. The Morgan fingerprint density at radius 2 is 2.17 bits per heavy atom. The highest BCUT2D eigenvalue weighted by Gasteiger charge is 2.18. The van der Waals surface area contributed by atoms with E-state index in [1.807, 2.05) is 26.0 Å². The van der Waals surface area contributed by atoms with E-state index in [4.69, 9.17) is 16.3 Å². The highest BCUT2D eigenvalue weighted by atomic mass is 35.5. The molecule has 0 saturated carbocycles. The maximum absolute atomic E-state index is 12.2. The van der Waals surface area contributed by atoms with Crippen LogP contribution in [-0.4, -0.2) is 18.5 Å². The summed E-state index contributed by atoms with van der Waals surface area (Å²) in [4.78, 5) is 12.2. The van der Waals surface area contributed by atoms with Gasteiger partial charge in [-0.2, -0.15) is 0 Å². The molecule has 1 heterocycles. The molecule has 3 heteroatoms. The lowest BCUT2D eigenvalue weighted by atomic mass is 9.98. The van der Waals surface area contributed by atoms with E-state index in [0.717, 1.165) is 47.6 Å². The van der Waals surface area contributed by atoms with E-state index in [2.05, 4.69) is 0 Å². The lowest BCUT2D eigenvalue weighted by Gasteiger charge is -2.10. The van der Waals surface area contributed by atoms with E-state index < -0.39 is 0 Å². The summed E-state index contributed by atoms with van der Waals surface area (Å²) < 4.78 is 5.54. The number of carbonyl (C=O) groups excluding carboxylic acids is 1. The van der Waals surface area contributed by atoms with E-state index in [9.17, 15) is 4.79 Å². The molecule has 0 aromatic heterocycles. The molecule has 1 aromatic rings. The topological polar surface area (TPSA) is 26.3 Å². The minimum absolute atomic E-state index is 0.197. The summed E-state index contributed by atoms with van der Waals surface area (Å²) in [6, 6.07) is 3.77. The van der Waals surface area contributed by atoms with E-state index in [0.29, 0.717) is 6.42 Å². The molecule has 0 bridgehead atoms. The molecule has 0 amide bonds. The molecule has 18 heavy (non-hydrogen) atoms. The minimum Gasteiger partial charge on any atom is -0.378 e. The summed E-state index contributed by atoms with van der Waals surface area (Å²) in [5.41, 5.74) is 2.72. The number of hydrogen-bond acceptors (Lipinski definition) is 2. The molecule has 1 aliphatic rings. The van der Waals surface area contributed by atoms with Crippen molar-refractivity contribution in [2.75, 3.05) is 6.61 Å². The number of ether oxygens (including phenoxy) is 1. The predicted octanol–water partition coefficient (Wildman–Crippen LogP) is 4.10. The first-order valence-electron chi connectivity index (χ1n) is 6.49. The van der Waals surface area contributed by atoms with Gasteiger partial charge in [0.05, 0.1) is 6.10 Å². The summed E-state index contributed by atoms with van der Waals surface area (Å²) in [5, 5.41) is 0.725. The fourth-order valence-electron chi connectivity index (χ4n) is 2.38. The second-order valence-corrected chi connectivity index (χ2v) is 5.42. The van der Waals surface area contributed by atoms with E-state index in [1.54, 1.807) is 0 Å². The largest absolute Gasteiger partial charge is 0.378 e. The molecule has 98 valence electrons. The second kappa shape index (κ2) is 5.85. The van der Waals surface area contributed by atoms with E-state index in [1.165, 1.54) is 0 Å². The maximum atomic E-state index is 12.2. The van der Waals surface area contributed by atoms with Gasteiger partial charge in [-0.05, 0) is 56.4 Å². The fraction of sp³-hybridized carbons (Fsp3) is 0.533. The summed E-state index contributed by atoms with van der Waals surface area (Å²) in [6.07, 6.45) is 3.89. The van der Waals surface area contributed by atoms with Crippen LogP contribution in [0.3, 0.4) is 0 Å². The van der Waals surface area contributed by atoms with Crippen LogP contribution >= 0.6 is 11.6 Å². The Balaban J connectivity index is 2.01. The van der Waals surface area contributed by atoms with E-state index >= 15 is 0 Å². The Bertz CT molecular complexity index is 448. The highest BCUT2D eigenvalue weighted by Crippen LogP contribution is 2.23. The van der Waals surface area contributed by atoms with Crippen molar-refractivity contribution >= 4 is 17.4 Å². The van der Waals surface area contributed by atoms with Crippen LogP contribution in [0.5, 0.6) is 0 Å². The molecule has 0 radical (unpaired) electrons. The predicted molar refractivity (Wildman–Crippen MR) is 73.5 cm³/mol. The summed E-state index contributed by atoms with van der Waals surface area (Å²) in [5.74, 6) is 0.197. The lowest BCUT2D eigenvalue weighted by molar-refractivity contribution is 0.0859. The zero-order valence-electron chi connectivity index (χ0n) is 11.0. The van der Waals surface area contributed by atoms with Gasteiger partial charge in [-0.15, -0.1) is 0 Å². The smallest absolute Gasteiger partial charge is 0.163 e. The molecular formula is C15H19ClO2. The third kappa shape index (κ3) is 3.12. The number of Topliss-reactive ketones (excluding diaryl/α,β-unsaturated/α-hetero) is 1. The lowest BCUT2D eigenvalue weighted by Crippen LogP contribution is -2.10. The van der Waals surface area contributed by atoms with Gasteiger partial charge in [0.2, 0.25) is 0 Å². The third-order valence-electron chi connectivity index (χ3n) is 3.52. The summed E-state index contributed by atoms with van der Waals surface area (Å²) >= 11 is 6.04.